The molecule has 2 saturated carbocycles. The first kappa shape index (κ1) is 13.3. The molecule has 3 nitrogen and oxygen atoms in total. The average Bonchev–Trinajstić information content (AvgIpc) is 3.09. The maximum Gasteiger partial charge on any atom is 0.251 e. The van der Waals surface area contributed by atoms with Crippen LogP contribution in [0.25, 0.3) is 0 Å². The molecule has 1 heterocycles. The Balaban J connectivity index is 1.62. The van der Waals surface area contributed by atoms with E-state index in [9.17, 15) is 4.79 Å². The van der Waals surface area contributed by atoms with Gasteiger partial charge >= 0.3 is 0 Å². The number of amides is 1. The van der Waals surface area contributed by atoms with Crippen molar-refractivity contribution >= 4 is 5.91 Å². The van der Waals surface area contributed by atoms with Gasteiger partial charge in [-0.2, -0.15) is 0 Å². The fraction of sp³-hybridized carbons (Fsp3) is 0.611. The predicted octanol–water partition coefficient (Wildman–Crippen LogP) is 2.80. The lowest BCUT2D eigenvalue weighted by atomic mass is 9.80. The molecule has 2 fully saturated rings. The van der Waals surface area contributed by atoms with Gasteiger partial charge < -0.3 is 11.1 Å². The molecule has 0 spiro atoms. The number of carbonyl (C=O) groups excluding carboxylic acids is 1. The van der Waals surface area contributed by atoms with E-state index in [0.29, 0.717) is 5.92 Å². The quantitative estimate of drug-likeness (QED) is 0.877. The third-order valence-corrected chi connectivity index (χ3v) is 5.93. The molecular weight excluding hydrogens is 260 g/mol. The Kier molecular flexibility index (Phi) is 3.26. The van der Waals surface area contributed by atoms with E-state index in [4.69, 9.17) is 5.73 Å². The number of nitrogens with one attached hydrogen (secondary N) is 1. The zero-order valence-corrected chi connectivity index (χ0v) is 12.5. The summed E-state index contributed by atoms with van der Waals surface area (Å²) >= 11 is 0. The van der Waals surface area contributed by atoms with E-state index in [1.54, 1.807) is 0 Å². The Labute approximate surface area is 126 Å². The molecule has 4 rings (SSSR count). The molecule has 3 N–H and O–H groups in total. The summed E-state index contributed by atoms with van der Waals surface area (Å²) < 4.78 is 0. The van der Waals surface area contributed by atoms with E-state index in [-0.39, 0.29) is 11.9 Å². The van der Waals surface area contributed by atoms with Crippen LogP contribution >= 0.6 is 0 Å². The molecule has 1 aliphatic heterocycles. The van der Waals surface area contributed by atoms with Crippen LogP contribution in [0, 0.1) is 17.8 Å². The van der Waals surface area contributed by atoms with E-state index >= 15 is 0 Å². The number of fused-ring (bicyclic) bond motifs is 3. The fourth-order valence-corrected chi connectivity index (χ4v) is 4.79. The minimum absolute atomic E-state index is 0.0736. The van der Waals surface area contributed by atoms with Crippen molar-refractivity contribution in [2.24, 2.45) is 23.5 Å². The highest BCUT2D eigenvalue weighted by atomic mass is 16.1. The van der Waals surface area contributed by atoms with E-state index in [1.807, 2.05) is 0 Å². The molecular formula is C18H24N2O. The zero-order chi connectivity index (χ0) is 14.4. The summed E-state index contributed by atoms with van der Waals surface area (Å²) in [7, 11) is 0. The third-order valence-electron chi connectivity index (χ3n) is 5.93. The lowest BCUT2D eigenvalue weighted by molar-refractivity contribution is 0.0956. The summed E-state index contributed by atoms with van der Waals surface area (Å²) in [6.45, 7) is 0.779. The molecule has 3 heteroatoms. The smallest absolute Gasteiger partial charge is 0.251 e. The Morgan fingerprint density at radius 3 is 2.90 bits per heavy atom. The van der Waals surface area contributed by atoms with Crippen LogP contribution in [-0.2, 0) is 6.42 Å². The van der Waals surface area contributed by atoms with Gasteiger partial charge in [0.15, 0.2) is 0 Å². The minimum atomic E-state index is 0.0736. The Bertz CT molecular complexity index is 568. The largest absolute Gasteiger partial charge is 0.352 e. The van der Waals surface area contributed by atoms with Crippen molar-refractivity contribution in [2.75, 3.05) is 6.54 Å². The summed E-state index contributed by atoms with van der Waals surface area (Å²) in [5.74, 6) is 2.42. The second kappa shape index (κ2) is 5.13. The molecule has 1 aromatic carbocycles. The molecule has 0 radical (unpaired) electrons. The first-order valence-corrected chi connectivity index (χ1v) is 8.39. The van der Waals surface area contributed by atoms with Crippen LogP contribution in [0.4, 0.5) is 0 Å². The second-order valence-electron chi connectivity index (χ2n) is 7.14. The lowest BCUT2D eigenvalue weighted by Gasteiger charge is -2.28. The van der Waals surface area contributed by atoms with Gasteiger partial charge in [0.25, 0.3) is 5.91 Å². The van der Waals surface area contributed by atoms with Crippen molar-refractivity contribution in [2.45, 2.75) is 44.6 Å². The van der Waals surface area contributed by atoms with E-state index in [0.717, 1.165) is 42.3 Å². The molecule has 112 valence electrons. The molecule has 2 aliphatic carbocycles. The standard InChI is InChI=1S/C18H24N2O/c19-17(15-9-11-3-4-13(15)8-11)14-6-5-12-2-1-7-20-18(21)16(12)10-14/h5-6,10-11,13,15,17H,1-4,7-9,19H2,(H,20,21). The van der Waals surface area contributed by atoms with Gasteiger partial charge in [0.1, 0.15) is 0 Å². The fourth-order valence-electron chi connectivity index (χ4n) is 4.79. The van der Waals surface area contributed by atoms with E-state index < -0.39 is 0 Å². The van der Waals surface area contributed by atoms with Crippen LogP contribution in [0.15, 0.2) is 18.2 Å². The van der Waals surface area contributed by atoms with Crippen LogP contribution in [0.1, 0.15) is 59.6 Å². The maximum absolute atomic E-state index is 12.2. The number of benzene rings is 1. The summed E-state index contributed by atoms with van der Waals surface area (Å²) in [5.41, 5.74) is 9.75. The van der Waals surface area contributed by atoms with Gasteiger partial charge in [0.05, 0.1) is 0 Å². The summed E-state index contributed by atoms with van der Waals surface area (Å²) in [5, 5.41) is 2.98. The van der Waals surface area contributed by atoms with E-state index in [2.05, 4.69) is 23.5 Å². The summed E-state index contributed by atoms with van der Waals surface area (Å²) in [6, 6.07) is 6.45. The normalized spacial score (nSPS) is 32.4. The van der Waals surface area contributed by atoms with Crippen molar-refractivity contribution in [3.05, 3.63) is 34.9 Å². The van der Waals surface area contributed by atoms with Crippen LogP contribution in [-0.4, -0.2) is 12.5 Å². The number of carbonyl (C=O) groups is 1. The molecule has 0 saturated heterocycles. The SMILES string of the molecule is NC(c1ccc2c(c1)C(=O)NCCC2)C1CC2CCC1C2. The van der Waals surface area contributed by atoms with E-state index in [1.165, 1.54) is 31.2 Å². The van der Waals surface area contributed by atoms with Gasteiger partial charge in [-0.05, 0) is 67.1 Å². The third kappa shape index (κ3) is 2.28. The average molecular weight is 284 g/mol. The molecule has 21 heavy (non-hydrogen) atoms. The molecule has 3 aliphatic rings. The van der Waals surface area contributed by atoms with Crippen LogP contribution < -0.4 is 11.1 Å². The topological polar surface area (TPSA) is 55.1 Å². The number of hydrogen-bond donors (Lipinski definition) is 2. The first-order chi connectivity index (χ1) is 10.2. The van der Waals surface area contributed by atoms with Gasteiger partial charge in [-0.15, -0.1) is 0 Å². The maximum atomic E-state index is 12.2. The van der Waals surface area contributed by atoms with Crippen molar-refractivity contribution in [1.29, 1.82) is 0 Å². The summed E-state index contributed by atoms with van der Waals surface area (Å²) in [4.78, 5) is 12.2. The van der Waals surface area contributed by atoms with Gasteiger partial charge in [-0.25, -0.2) is 0 Å². The number of nitrogens with two attached hydrogens (primary N) is 1. The van der Waals surface area contributed by atoms with Gasteiger partial charge in [-0.1, -0.05) is 18.6 Å². The number of rotatable bonds is 2. The molecule has 4 unspecified atom stereocenters. The van der Waals surface area contributed by atoms with Crippen molar-refractivity contribution < 1.29 is 4.79 Å². The monoisotopic (exact) mass is 284 g/mol. The number of hydrogen-bond acceptors (Lipinski definition) is 2. The Morgan fingerprint density at radius 2 is 2.14 bits per heavy atom. The van der Waals surface area contributed by atoms with Crippen molar-refractivity contribution in [1.82, 2.24) is 5.32 Å². The lowest BCUT2D eigenvalue weighted by Crippen LogP contribution is -2.27. The van der Waals surface area contributed by atoms with Gasteiger partial charge in [0, 0.05) is 18.2 Å². The second-order valence-corrected chi connectivity index (χ2v) is 7.14. The minimum Gasteiger partial charge on any atom is -0.352 e. The highest BCUT2D eigenvalue weighted by Crippen LogP contribution is 2.52. The predicted molar refractivity (Wildman–Crippen MR) is 83.0 cm³/mol. The highest BCUT2D eigenvalue weighted by Gasteiger charge is 2.42. The molecule has 1 aromatic rings. The summed E-state index contributed by atoms with van der Waals surface area (Å²) in [6.07, 6.45) is 7.43. The van der Waals surface area contributed by atoms with Crippen LogP contribution in [0.3, 0.4) is 0 Å². The molecule has 2 bridgehead atoms. The highest BCUT2D eigenvalue weighted by molar-refractivity contribution is 5.96. The Morgan fingerprint density at radius 1 is 1.24 bits per heavy atom. The van der Waals surface area contributed by atoms with Crippen molar-refractivity contribution in [3.63, 3.8) is 0 Å². The molecule has 0 aromatic heterocycles. The number of aryl methyl sites for hydroxylation is 1. The van der Waals surface area contributed by atoms with Gasteiger partial charge in [-0.3, -0.25) is 4.79 Å². The molecule has 4 atom stereocenters. The van der Waals surface area contributed by atoms with Crippen LogP contribution in [0.5, 0.6) is 0 Å². The van der Waals surface area contributed by atoms with Gasteiger partial charge in [0.2, 0.25) is 0 Å². The van der Waals surface area contributed by atoms with Crippen LogP contribution in [0.2, 0.25) is 0 Å². The van der Waals surface area contributed by atoms with Crippen molar-refractivity contribution in [3.8, 4) is 0 Å². The molecule has 1 amide bonds. The zero-order valence-electron chi connectivity index (χ0n) is 12.5. The first-order valence-electron chi connectivity index (χ1n) is 8.39. The Hall–Kier alpha value is -1.35.